The lowest BCUT2D eigenvalue weighted by atomic mass is 10.3. The maximum Gasteiger partial charge on any atom is 0.326 e. The average Bonchev–Trinajstić information content (AvgIpc) is 2.35. The van der Waals surface area contributed by atoms with E-state index in [9.17, 15) is 4.79 Å². The third-order valence-corrected chi connectivity index (χ3v) is 2.53. The summed E-state index contributed by atoms with van der Waals surface area (Å²) in [6.45, 7) is 0. The van der Waals surface area contributed by atoms with Crippen LogP contribution in [0.1, 0.15) is 0 Å². The van der Waals surface area contributed by atoms with Crippen molar-refractivity contribution in [2.45, 2.75) is 0 Å². The van der Waals surface area contributed by atoms with E-state index in [1.807, 2.05) is 0 Å². The number of hydrogen-bond acceptors (Lipinski definition) is 3. The van der Waals surface area contributed by atoms with Gasteiger partial charge < -0.3 is 5.32 Å². The van der Waals surface area contributed by atoms with Crippen LogP contribution < -0.4 is 10.6 Å². The van der Waals surface area contributed by atoms with Crippen molar-refractivity contribution in [3.05, 3.63) is 46.7 Å². The molecule has 0 aliphatic carbocycles. The summed E-state index contributed by atoms with van der Waals surface area (Å²) in [6, 6.07) is 5.93. The minimum absolute atomic E-state index is 0.202. The maximum atomic E-state index is 11.6. The first-order valence-electron chi connectivity index (χ1n) is 4.95. The first-order chi connectivity index (χ1) is 8.65. The van der Waals surface area contributed by atoms with Gasteiger partial charge in [0.15, 0.2) is 0 Å². The molecule has 0 aliphatic heterocycles. The molecule has 2 N–H and O–H groups in total. The van der Waals surface area contributed by atoms with E-state index in [1.165, 1.54) is 12.4 Å². The van der Waals surface area contributed by atoms with E-state index in [1.54, 1.807) is 24.3 Å². The number of benzene rings is 1. The molecule has 1 aromatic carbocycles. The Bertz CT molecular complexity index is 562. The van der Waals surface area contributed by atoms with Gasteiger partial charge in [0.1, 0.15) is 0 Å². The fraction of sp³-hybridized carbons (Fsp3) is 0. The van der Waals surface area contributed by atoms with Crippen LogP contribution in [0.4, 0.5) is 16.4 Å². The van der Waals surface area contributed by atoms with Crippen LogP contribution in [0.2, 0.25) is 10.0 Å². The van der Waals surface area contributed by atoms with Crippen molar-refractivity contribution in [2.24, 2.45) is 0 Å². The molecule has 7 heteroatoms. The molecular weight excluding hydrogens is 275 g/mol. The smallest absolute Gasteiger partial charge is 0.306 e. The molecule has 0 saturated heterocycles. The molecule has 0 saturated carbocycles. The largest absolute Gasteiger partial charge is 0.326 e. The van der Waals surface area contributed by atoms with Gasteiger partial charge in [0.05, 0.1) is 10.7 Å². The van der Waals surface area contributed by atoms with Crippen LogP contribution in [0.25, 0.3) is 0 Å². The number of anilines is 2. The second kappa shape index (κ2) is 5.66. The first-order valence-corrected chi connectivity index (χ1v) is 5.71. The van der Waals surface area contributed by atoms with Crippen LogP contribution in [-0.2, 0) is 0 Å². The molecule has 2 rings (SSSR count). The molecule has 0 atom stereocenters. The minimum Gasteiger partial charge on any atom is -0.306 e. The Morgan fingerprint density at radius 1 is 1.11 bits per heavy atom. The monoisotopic (exact) mass is 282 g/mol. The molecule has 18 heavy (non-hydrogen) atoms. The predicted octanol–water partition coefficient (Wildman–Crippen LogP) is 3.43. The first kappa shape index (κ1) is 12.6. The molecule has 0 unspecified atom stereocenters. The lowest BCUT2D eigenvalue weighted by Gasteiger charge is -2.08. The van der Waals surface area contributed by atoms with Gasteiger partial charge in [0, 0.05) is 17.4 Å². The maximum absolute atomic E-state index is 11.6. The molecule has 5 nitrogen and oxygen atoms in total. The van der Waals surface area contributed by atoms with E-state index in [0.717, 1.165) is 0 Å². The summed E-state index contributed by atoms with van der Waals surface area (Å²) in [5.74, 6) is 0.202. The van der Waals surface area contributed by atoms with E-state index in [2.05, 4.69) is 20.6 Å². The highest BCUT2D eigenvalue weighted by Gasteiger charge is 2.07. The zero-order valence-electron chi connectivity index (χ0n) is 9.02. The highest BCUT2D eigenvalue weighted by molar-refractivity contribution is 6.35. The summed E-state index contributed by atoms with van der Waals surface area (Å²) in [6.07, 6.45) is 3.05. The van der Waals surface area contributed by atoms with E-state index < -0.39 is 6.03 Å². The molecule has 0 bridgehead atoms. The van der Waals surface area contributed by atoms with Crippen molar-refractivity contribution in [3.63, 3.8) is 0 Å². The van der Waals surface area contributed by atoms with Crippen molar-refractivity contribution in [2.75, 3.05) is 10.6 Å². The number of carbonyl (C=O) groups is 1. The summed E-state index contributed by atoms with van der Waals surface area (Å²) >= 11 is 11.7. The summed E-state index contributed by atoms with van der Waals surface area (Å²) in [5, 5.41) is 5.89. The van der Waals surface area contributed by atoms with Crippen LogP contribution in [0.5, 0.6) is 0 Å². The van der Waals surface area contributed by atoms with E-state index in [-0.39, 0.29) is 5.95 Å². The van der Waals surface area contributed by atoms with Crippen LogP contribution in [0, 0.1) is 0 Å². The van der Waals surface area contributed by atoms with Crippen LogP contribution in [0.3, 0.4) is 0 Å². The fourth-order valence-electron chi connectivity index (χ4n) is 1.21. The number of halogens is 2. The summed E-state index contributed by atoms with van der Waals surface area (Å²) in [4.78, 5) is 19.4. The molecule has 0 fully saturated rings. The Labute approximate surface area is 113 Å². The lowest BCUT2D eigenvalue weighted by molar-refractivity contribution is 0.262. The van der Waals surface area contributed by atoms with Gasteiger partial charge in [-0.15, -0.1) is 0 Å². The van der Waals surface area contributed by atoms with Gasteiger partial charge in [0.2, 0.25) is 5.95 Å². The van der Waals surface area contributed by atoms with Crippen molar-refractivity contribution >= 4 is 40.9 Å². The number of nitrogens with one attached hydrogen (secondary N) is 2. The number of amides is 2. The van der Waals surface area contributed by atoms with Crippen molar-refractivity contribution in [3.8, 4) is 0 Å². The van der Waals surface area contributed by atoms with Crippen LogP contribution in [0.15, 0.2) is 36.7 Å². The molecule has 0 aliphatic rings. The fourth-order valence-corrected chi connectivity index (χ4v) is 1.55. The zero-order chi connectivity index (χ0) is 13.0. The standard InChI is InChI=1S/C11H8Cl2N4O/c12-7-2-3-8(13)9(6-7)16-11(18)17-10-14-4-1-5-15-10/h1-6H,(H2,14,15,16,17,18). The zero-order valence-corrected chi connectivity index (χ0v) is 10.5. The molecule has 92 valence electrons. The summed E-state index contributed by atoms with van der Waals surface area (Å²) in [7, 11) is 0. The SMILES string of the molecule is O=C(Nc1ncccn1)Nc1cc(Cl)ccc1Cl. The van der Waals surface area contributed by atoms with Gasteiger partial charge in [0.25, 0.3) is 0 Å². The Hall–Kier alpha value is -1.85. The Kier molecular flexibility index (Phi) is 3.96. The Balaban J connectivity index is 2.05. The van der Waals surface area contributed by atoms with E-state index in [4.69, 9.17) is 23.2 Å². The number of rotatable bonds is 2. The average molecular weight is 283 g/mol. The Morgan fingerprint density at radius 3 is 2.56 bits per heavy atom. The highest BCUT2D eigenvalue weighted by atomic mass is 35.5. The third-order valence-electron chi connectivity index (χ3n) is 1.97. The second-order valence-electron chi connectivity index (χ2n) is 3.28. The minimum atomic E-state index is -0.495. The summed E-state index contributed by atoms with van der Waals surface area (Å²) in [5.41, 5.74) is 0.414. The van der Waals surface area contributed by atoms with Gasteiger partial charge in [-0.05, 0) is 24.3 Å². The van der Waals surface area contributed by atoms with Gasteiger partial charge in [-0.25, -0.2) is 14.8 Å². The van der Waals surface area contributed by atoms with Gasteiger partial charge in [-0.1, -0.05) is 23.2 Å². The third kappa shape index (κ3) is 3.32. The molecule has 1 aromatic heterocycles. The van der Waals surface area contributed by atoms with Crippen LogP contribution >= 0.6 is 23.2 Å². The normalized spacial score (nSPS) is 9.89. The highest BCUT2D eigenvalue weighted by Crippen LogP contribution is 2.25. The quantitative estimate of drug-likeness (QED) is 0.887. The molecule has 1 heterocycles. The van der Waals surface area contributed by atoms with E-state index >= 15 is 0 Å². The van der Waals surface area contributed by atoms with Gasteiger partial charge in [-0.2, -0.15) is 0 Å². The van der Waals surface area contributed by atoms with E-state index in [0.29, 0.717) is 15.7 Å². The van der Waals surface area contributed by atoms with Crippen molar-refractivity contribution in [1.29, 1.82) is 0 Å². The molecule has 0 spiro atoms. The van der Waals surface area contributed by atoms with Crippen molar-refractivity contribution in [1.82, 2.24) is 9.97 Å². The van der Waals surface area contributed by atoms with Crippen LogP contribution in [-0.4, -0.2) is 16.0 Å². The van der Waals surface area contributed by atoms with Crippen molar-refractivity contribution < 1.29 is 4.79 Å². The molecule has 2 amide bonds. The lowest BCUT2D eigenvalue weighted by Crippen LogP contribution is -2.20. The Morgan fingerprint density at radius 2 is 1.83 bits per heavy atom. The number of carbonyl (C=O) groups excluding carboxylic acids is 1. The molecular formula is C11H8Cl2N4O. The number of urea groups is 1. The van der Waals surface area contributed by atoms with Gasteiger partial charge in [-0.3, -0.25) is 5.32 Å². The number of aromatic nitrogens is 2. The van der Waals surface area contributed by atoms with Gasteiger partial charge >= 0.3 is 6.03 Å². The number of nitrogens with zero attached hydrogens (tertiary/aromatic N) is 2. The molecule has 0 radical (unpaired) electrons. The topological polar surface area (TPSA) is 66.9 Å². The second-order valence-corrected chi connectivity index (χ2v) is 4.12. The molecule has 2 aromatic rings. The summed E-state index contributed by atoms with van der Waals surface area (Å²) < 4.78 is 0. The number of hydrogen-bond donors (Lipinski definition) is 2. The predicted molar refractivity (Wildman–Crippen MR) is 71.1 cm³/mol.